The van der Waals surface area contributed by atoms with Crippen molar-refractivity contribution in [3.05, 3.63) is 48.6 Å². The molecule has 1 atom stereocenters. The van der Waals surface area contributed by atoms with Gasteiger partial charge in [0.05, 0.1) is 0 Å². The largest absolute Gasteiger partial charge is 0.103 e. The molecule has 0 aromatic rings. The van der Waals surface area contributed by atoms with Crippen LogP contribution in [-0.4, -0.2) is 0 Å². The molecule has 1 rings (SSSR count). The third-order valence-corrected chi connectivity index (χ3v) is 1.93. The van der Waals surface area contributed by atoms with Crippen molar-refractivity contribution in [2.24, 2.45) is 5.92 Å². The molecule has 0 N–H and O–H groups in total. The maximum atomic E-state index is 3.74. The average molecular weight is 146 g/mol. The van der Waals surface area contributed by atoms with E-state index in [-0.39, 0.29) is 0 Å². The molecule has 0 radical (unpaired) electrons. The summed E-state index contributed by atoms with van der Waals surface area (Å²) in [4.78, 5) is 0. The minimum absolute atomic E-state index is 0.558. The van der Waals surface area contributed by atoms with E-state index >= 15 is 0 Å². The summed E-state index contributed by atoms with van der Waals surface area (Å²) >= 11 is 0. The highest BCUT2D eigenvalue weighted by Crippen LogP contribution is 2.21. The van der Waals surface area contributed by atoms with Gasteiger partial charge in [-0.3, -0.25) is 0 Å². The quantitative estimate of drug-likeness (QED) is 0.524. The van der Waals surface area contributed by atoms with E-state index < -0.39 is 0 Å². The molecule has 11 heavy (non-hydrogen) atoms. The highest BCUT2D eigenvalue weighted by atomic mass is 14.1. The second kappa shape index (κ2) is 3.97. The maximum absolute atomic E-state index is 3.74. The van der Waals surface area contributed by atoms with Crippen molar-refractivity contribution in [2.75, 3.05) is 0 Å². The molecule has 0 saturated heterocycles. The van der Waals surface area contributed by atoms with Crippen LogP contribution in [0, 0.1) is 5.92 Å². The Kier molecular flexibility index (Phi) is 2.91. The van der Waals surface area contributed by atoms with Crippen LogP contribution >= 0.6 is 0 Å². The summed E-state index contributed by atoms with van der Waals surface area (Å²) in [5.74, 6) is 0.558. The highest BCUT2D eigenvalue weighted by molar-refractivity contribution is 5.32. The summed E-state index contributed by atoms with van der Waals surface area (Å²) in [5.41, 5.74) is 1.40. The van der Waals surface area contributed by atoms with Crippen LogP contribution in [0.25, 0.3) is 0 Å². The Morgan fingerprint density at radius 3 is 3.00 bits per heavy atom. The lowest BCUT2D eigenvalue weighted by atomic mass is 9.91. The Hall–Kier alpha value is -1.04. The van der Waals surface area contributed by atoms with E-state index in [1.54, 1.807) is 0 Å². The monoisotopic (exact) mass is 146 g/mol. The summed E-state index contributed by atoms with van der Waals surface area (Å²) in [6, 6.07) is 0. The number of hydrogen-bond donors (Lipinski definition) is 0. The van der Waals surface area contributed by atoms with Crippen LogP contribution in [0.1, 0.15) is 13.3 Å². The van der Waals surface area contributed by atoms with E-state index in [9.17, 15) is 0 Å². The van der Waals surface area contributed by atoms with Crippen LogP contribution in [-0.2, 0) is 0 Å². The number of hydrogen-bond acceptors (Lipinski definition) is 0. The van der Waals surface area contributed by atoms with E-state index in [0.717, 1.165) is 6.42 Å². The molecule has 0 heterocycles. The summed E-state index contributed by atoms with van der Waals surface area (Å²) in [5, 5.41) is 0. The molecule has 0 spiro atoms. The molecule has 0 aromatic heterocycles. The topological polar surface area (TPSA) is 0 Å². The smallest absolute Gasteiger partial charge is 0.00522 e. The summed E-state index contributed by atoms with van der Waals surface area (Å²) in [6.45, 7) is 5.82. The van der Waals surface area contributed by atoms with Gasteiger partial charge >= 0.3 is 0 Å². The first-order valence-electron chi connectivity index (χ1n) is 4.00. The fourth-order valence-corrected chi connectivity index (χ4v) is 1.30. The molecule has 0 nitrogen and oxygen atoms in total. The third-order valence-electron chi connectivity index (χ3n) is 1.93. The number of allylic oxidation sites excluding steroid dienone is 7. The predicted octanol–water partition coefficient (Wildman–Crippen LogP) is 3.25. The van der Waals surface area contributed by atoms with E-state index in [1.807, 2.05) is 6.08 Å². The van der Waals surface area contributed by atoms with Crippen LogP contribution < -0.4 is 0 Å². The van der Waals surface area contributed by atoms with Crippen LogP contribution in [0.3, 0.4) is 0 Å². The summed E-state index contributed by atoms with van der Waals surface area (Å²) in [7, 11) is 0. The Morgan fingerprint density at radius 1 is 1.55 bits per heavy atom. The van der Waals surface area contributed by atoms with Crippen LogP contribution in [0.15, 0.2) is 48.6 Å². The normalized spacial score (nSPS) is 25.9. The Balaban J connectivity index is 2.70. The van der Waals surface area contributed by atoms with Crippen molar-refractivity contribution in [1.29, 1.82) is 0 Å². The second-order valence-electron chi connectivity index (χ2n) is 2.66. The SMILES string of the molecule is C=CCC1C=CC=CC1=CC. The second-order valence-corrected chi connectivity index (χ2v) is 2.66. The Bertz CT molecular complexity index is 216. The Morgan fingerprint density at radius 2 is 2.36 bits per heavy atom. The minimum atomic E-state index is 0.558. The van der Waals surface area contributed by atoms with Crippen molar-refractivity contribution in [3.8, 4) is 0 Å². The van der Waals surface area contributed by atoms with E-state index in [0.29, 0.717) is 5.92 Å². The Labute approximate surface area is 68.6 Å². The predicted molar refractivity (Wildman–Crippen MR) is 50.3 cm³/mol. The summed E-state index contributed by atoms with van der Waals surface area (Å²) < 4.78 is 0. The highest BCUT2D eigenvalue weighted by Gasteiger charge is 2.07. The first-order valence-corrected chi connectivity index (χ1v) is 4.00. The van der Waals surface area contributed by atoms with Gasteiger partial charge in [0.15, 0.2) is 0 Å². The van der Waals surface area contributed by atoms with Gasteiger partial charge < -0.3 is 0 Å². The van der Waals surface area contributed by atoms with E-state index in [4.69, 9.17) is 0 Å². The molecule has 0 bridgehead atoms. The lowest BCUT2D eigenvalue weighted by molar-refractivity contribution is 0.789. The zero-order chi connectivity index (χ0) is 8.10. The maximum Gasteiger partial charge on any atom is 0.00522 e. The molecule has 0 aromatic carbocycles. The van der Waals surface area contributed by atoms with Crippen LogP contribution in [0.4, 0.5) is 0 Å². The van der Waals surface area contributed by atoms with Crippen LogP contribution in [0.5, 0.6) is 0 Å². The molecule has 1 aliphatic rings. The van der Waals surface area contributed by atoms with Gasteiger partial charge in [-0.2, -0.15) is 0 Å². The molecule has 0 amide bonds. The number of rotatable bonds is 2. The lowest BCUT2D eigenvalue weighted by Crippen LogP contribution is -1.99. The molecule has 0 saturated carbocycles. The molecule has 1 aliphatic carbocycles. The molecule has 0 fully saturated rings. The first kappa shape index (κ1) is 8.06. The summed E-state index contributed by atoms with van der Waals surface area (Å²) in [6.07, 6.45) is 13.7. The van der Waals surface area contributed by atoms with Gasteiger partial charge in [0.2, 0.25) is 0 Å². The standard InChI is InChI=1S/C11H14/c1-3-7-11-9-6-5-8-10(11)4-2/h3-6,8-9,11H,1,7H2,2H3. The molecular formula is C11H14. The van der Waals surface area contributed by atoms with Crippen molar-refractivity contribution in [2.45, 2.75) is 13.3 Å². The van der Waals surface area contributed by atoms with Gasteiger partial charge in [-0.05, 0) is 18.9 Å². The molecule has 0 heteroatoms. The van der Waals surface area contributed by atoms with Gasteiger partial charge in [0, 0.05) is 5.92 Å². The van der Waals surface area contributed by atoms with Crippen molar-refractivity contribution in [3.63, 3.8) is 0 Å². The third kappa shape index (κ3) is 1.94. The van der Waals surface area contributed by atoms with Crippen molar-refractivity contribution < 1.29 is 0 Å². The fourth-order valence-electron chi connectivity index (χ4n) is 1.30. The molecule has 0 aliphatic heterocycles. The first-order chi connectivity index (χ1) is 5.38. The fraction of sp³-hybridized carbons (Fsp3) is 0.273. The lowest BCUT2D eigenvalue weighted by Gasteiger charge is -2.13. The van der Waals surface area contributed by atoms with Gasteiger partial charge in [0.1, 0.15) is 0 Å². The zero-order valence-corrected chi connectivity index (χ0v) is 6.96. The van der Waals surface area contributed by atoms with E-state index in [1.165, 1.54) is 5.57 Å². The van der Waals surface area contributed by atoms with Crippen LogP contribution in [0.2, 0.25) is 0 Å². The molecule has 1 unspecified atom stereocenters. The van der Waals surface area contributed by atoms with E-state index in [2.05, 4.69) is 43.9 Å². The molecular weight excluding hydrogens is 132 g/mol. The minimum Gasteiger partial charge on any atom is -0.103 e. The van der Waals surface area contributed by atoms with Crippen molar-refractivity contribution >= 4 is 0 Å². The van der Waals surface area contributed by atoms with Gasteiger partial charge in [-0.25, -0.2) is 0 Å². The van der Waals surface area contributed by atoms with Crippen molar-refractivity contribution in [1.82, 2.24) is 0 Å². The van der Waals surface area contributed by atoms with Gasteiger partial charge in [0.25, 0.3) is 0 Å². The van der Waals surface area contributed by atoms with Gasteiger partial charge in [-0.15, -0.1) is 6.58 Å². The average Bonchev–Trinajstić information content (AvgIpc) is 2.06. The zero-order valence-electron chi connectivity index (χ0n) is 6.96. The molecule has 58 valence electrons. The van der Waals surface area contributed by atoms with Gasteiger partial charge in [-0.1, -0.05) is 36.5 Å².